The van der Waals surface area contributed by atoms with Crippen molar-refractivity contribution in [2.24, 2.45) is 0 Å². The maximum absolute atomic E-state index is 12.6. The molecule has 0 amide bonds. The molecule has 1 aliphatic carbocycles. The fourth-order valence-electron chi connectivity index (χ4n) is 3.80. The van der Waals surface area contributed by atoms with Gasteiger partial charge in [0.15, 0.2) is 0 Å². The Morgan fingerprint density at radius 3 is 2.70 bits per heavy atom. The fraction of sp³-hybridized carbons (Fsp3) is 0.588. The lowest BCUT2D eigenvalue weighted by atomic mass is 10.1. The molecule has 3 heterocycles. The molecule has 6 heteroatoms. The summed E-state index contributed by atoms with van der Waals surface area (Å²) in [7, 11) is 0. The monoisotopic (exact) mass is 313 g/mol. The number of fused-ring (bicyclic) bond motifs is 1. The van der Waals surface area contributed by atoms with E-state index in [-0.39, 0.29) is 11.6 Å². The molecular formula is C17H23N5O. The lowest BCUT2D eigenvalue weighted by Gasteiger charge is -2.27. The summed E-state index contributed by atoms with van der Waals surface area (Å²) in [5, 5.41) is 4.34. The lowest BCUT2D eigenvalue weighted by Crippen LogP contribution is -2.44. The van der Waals surface area contributed by atoms with E-state index in [0.29, 0.717) is 0 Å². The van der Waals surface area contributed by atoms with E-state index in [1.54, 1.807) is 6.07 Å². The van der Waals surface area contributed by atoms with Crippen LogP contribution in [-0.2, 0) is 0 Å². The number of aryl methyl sites for hydroxylation is 1. The Morgan fingerprint density at radius 1 is 1.22 bits per heavy atom. The van der Waals surface area contributed by atoms with Gasteiger partial charge in [0, 0.05) is 49.9 Å². The molecular weight excluding hydrogens is 290 g/mol. The highest BCUT2D eigenvalue weighted by Crippen LogP contribution is 2.31. The Hall–Kier alpha value is -1.95. The SMILES string of the molecule is Cc1cc(=O)n(C2CCCC2)c2nc(N3CCNCC3)ncc12. The Labute approximate surface area is 135 Å². The van der Waals surface area contributed by atoms with Gasteiger partial charge in [0.25, 0.3) is 5.56 Å². The van der Waals surface area contributed by atoms with Crippen LogP contribution in [0.4, 0.5) is 5.95 Å². The summed E-state index contributed by atoms with van der Waals surface area (Å²) in [4.78, 5) is 24.2. The first-order valence-corrected chi connectivity index (χ1v) is 8.58. The summed E-state index contributed by atoms with van der Waals surface area (Å²) in [5.74, 6) is 0.746. The highest BCUT2D eigenvalue weighted by Gasteiger charge is 2.22. The molecule has 23 heavy (non-hydrogen) atoms. The van der Waals surface area contributed by atoms with Crippen LogP contribution in [0.2, 0.25) is 0 Å². The van der Waals surface area contributed by atoms with Crippen LogP contribution < -0.4 is 15.8 Å². The molecule has 2 aliphatic rings. The van der Waals surface area contributed by atoms with Gasteiger partial charge in [-0.15, -0.1) is 0 Å². The number of pyridine rings is 1. The molecule has 2 aromatic rings. The number of aromatic nitrogens is 3. The predicted octanol–water partition coefficient (Wildman–Crippen LogP) is 1.62. The van der Waals surface area contributed by atoms with Gasteiger partial charge in [-0.3, -0.25) is 9.36 Å². The van der Waals surface area contributed by atoms with Crippen molar-refractivity contribution in [3.05, 3.63) is 28.2 Å². The number of nitrogens with one attached hydrogen (secondary N) is 1. The molecule has 0 unspecified atom stereocenters. The molecule has 0 spiro atoms. The Bertz CT molecular complexity index is 772. The van der Waals surface area contributed by atoms with Crippen molar-refractivity contribution < 1.29 is 0 Å². The third-order valence-corrected chi connectivity index (χ3v) is 5.08. The Balaban J connectivity index is 1.87. The first-order valence-electron chi connectivity index (χ1n) is 8.58. The third-order valence-electron chi connectivity index (χ3n) is 5.08. The van der Waals surface area contributed by atoms with E-state index in [1.807, 2.05) is 17.7 Å². The van der Waals surface area contributed by atoms with E-state index in [2.05, 4.69) is 15.2 Å². The van der Waals surface area contributed by atoms with Crippen LogP contribution in [0.3, 0.4) is 0 Å². The number of nitrogens with zero attached hydrogens (tertiary/aromatic N) is 4. The molecule has 1 saturated heterocycles. The minimum atomic E-state index is 0.0758. The Morgan fingerprint density at radius 2 is 1.96 bits per heavy atom. The summed E-state index contributed by atoms with van der Waals surface area (Å²) in [6.45, 7) is 5.68. The zero-order valence-corrected chi connectivity index (χ0v) is 13.6. The van der Waals surface area contributed by atoms with Crippen LogP contribution in [0.15, 0.2) is 17.1 Å². The zero-order valence-electron chi connectivity index (χ0n) is 13.6. The lowest BCUT2D eigenvalue weighted by molar-refractivity contribution is 0.514. The molecule has 0 atom stereocenters. The minimum Gasteiger partial charge on any atom is -0.338 e. The van der Waals surface area contributed by atoms with Gasteiger partial charge in [0.05, 0.1) is 0 Å². The van der Waals surface area contributed by atoms with Crippen molar-refractivity contribution in [3.8, 4) is 0 Å². The predicted molar refractivity (Wildman–Crippen MR) is 91.1 cm³/mol. The number of anilines is 1. The van der Waals surface area contributed by atoms with Gasteiger partial charge in [-0.05, 0) is 25.3 Å². The molecule has 0 aromatic carbocycles. The van der Waals surface area contributed by atoms with Crippen molar-refractivity contribution >= 4 is 17.0 Å². The molecule has 2 fully saturated rings. The molecule has 1 saturated carbocycles. The van der Waals surface area contributed by atoms with Crippen LogP contribution in [0.5, 0.6) is 0 Å². The maximum Gasteiger partial charge on any atom is 0.252 e. The van der Waals surface area contributed by atoms with Gasteiger partial charge in [-0.2, -0.15) is 4.98 Å². The van der Waals surface area contributed by atoms with Gasteiger partial charge in [0.1, 0.15) is 5.65 Å². The second-order valence-corrected chi connectivity index (χ2v) is 6.62. The van der Waals surface area contributed by atoms with Crippen LogP contribution in [0, 0.1) is 6.92 Å². The number of piperazine rings is 1. The number of hydrogen-bond donors (Lipinski definition) is 1. The van der Waals surface area contributed by atoms with E-state index < -0.39 is 0 Å². The van der Waals surface area contributed by atoms with Gasteiger partial charge in [-0.25, -0.2) is 4.98 Å². The quantitative estimate of drug-likeness (QED) is 0.913. The molecule has 122 valence electrons. The van der Waals surface area contributed by atoms with Crippen molar-refractivity contribution in [1.29, 1.82) is 0 Å². The molecule has 1 aliphatic heterocycles. The normalized spacial score (nSPS) is 19.6. The minimum absolute atomic E-state index is 0.0758. The van der Waals surface area contributed by atoms with Gasteiger partial charge in [-0.1, -0.05) is 12.8 Å². The van der Waals surface area contributed by atoms with E-state index in [1.165, 1.54) is 12.8 Å². The summed E-state index contributed by atoms with van der Waals surface area (Å²) in [5.41, 5.74) is 1.85. The van der Waals surface area contributed by atoms with E-state index in [9.17, 15) is 4.79 Å². The van der Waals surface area contributed by atoms with E-state index in [4.69, 9.17) is 4.98 Å². The third kappa shape index (κ3) is 2.61. The van der Waals surface area contributed by atoms with Crippen molar-refractivity contribution in [3.63, 3.8) is 0 Å². The van der Waals surface area contributed by atoms with Crippen LogP contribution >= 0.6 is 0 Å². The summed E-state index contributed by atoms with van der Waals surface area (Å²) in [6.07, 6.45) is 6.43. The smallest absolute Gasteiger partial charge is 0.252 e. The summed E-state index contributed by atoms with van der Waals surface area (Å²) >= 11 is 0. The molecule has 2 aromatic heterocycles. The van der Waals surface area contributed by atoms with Crippen LogP contribution in [0.1, 0.15) is 37.3 Å². The summed E-state index contributed by atoms with van der Waals surface area (Å²) < 4.78 is 1.92. The van der Waals surface area contributed by atoms with Gasteiger partial charge < -0.3 is 10.2 Å². The molecule has 0 bridgehead atoms. The molecule has 0 radical (unpaired) electrons. The highest BCUT2D eigenvalue weighted by atomic mass is 16.1. The van der Waals surface area contributed by atoms with Crippen LogP contribution in [0.25, 0.3) is 11.0 Å². The molecule has 6 nitrogen and oxygen atoms in total. The van der Waals surface area contributed by atoms with Crippen LogP contribution in [-0.4, -0.2) is 40.7 Å². The average molecular weight is 313 g/mol. The van der Waals surface area contributed by atoms with E-state index >= 15 is 0 Å². The highest BCUT2D eigenvalue weighted by molar-refractivity contribution is 5.79. The average Bonchev–Trinajstić information content (AvgIpc) is 3.09. The first-order chi connectivity index (χ1) is 11.2. The Kier molecular flexibility index (Phi) is 3.77. The maximum atomic E-state index is 12.6. The van der Waals surface area contributed by atoms with E-state index in [0.717, 1.165) is 61.6 Å². The fourth-order valence-corrected chi connectivity index (χ4v) is 3.80. The second kappa shape index (κ2) is 5.92. The van der Waals surface area contributed by atoms with Gasteiger partial charge in [0.2, 0.25) is 5.95 Å². The first kappa shape index (κ1) is 14.6. The standard InChI is InChI=1S/C17H23N5O/c1-12-10-15(23)22(13-4-2-3-5-13)16-14(12)11-19-17(20-16)21-8-6-18-7-9-21/h10-11,13,18H,2-9H2,1H3. The van der Waals surface area contributed by atoms with Crippen molar-refractivity contribution in [2.45, 2.75) is 38.6 Å². The van der Waals surface area contributed by atoms with Gasteiger partial charge >= 0.3 is 0 Å². The summed E-state index contributed by atoms with van der Waals surface area (Å²) in [6, 6.07) is 2.02. The second-order valence-electron chi connectivity index (χ2n) is 6.62. The zero-order chi connectivity index (χ0) is 15.8. The molecule has 4 rings (SSSR count). The van der Waals surface area contributed by atoms with Crippen molar-refractivity contribution in [2.75, 3.05) is 31.1 Å². The van der Waals surface area contributed by atoms with Crippen molar-refractivity contribution in [1.82, 2.24) is 19.9 Å². The number of hydrogen-bond acceptors (Lipinski definition) is 5. The number of rotatable bonds is 2. The topological polar surface area (TPSA) is 63.1 Å². The molecule has 1 N–H and O–H groups in total. The largest absolute Gasteiger partial charge is 0.338 e.